The highest BCUT2D eigenvalue weighted by molar-refractivity contribution is 6.13. The number of carbonyl (C=O) groups excluding carboxylic acids is 3. The second kappa shape index (κ2) is 8.50. The van der Waals surface area contributed by atoms with Crippen LogP contribution in [0.4, 0.5) is 15.4 Å². The van der Waals surface area contributed by atoms with E-state index in [1.807, 2.05) is 71.0 Å². The van der Waals surface area contributed by atoms with Crippen LogP contribution in [0.25, 0.3) is 22.0 Å². The number of H-pyrrole nitrogens is 1. The molecule has 0 aliphatic heterocycles. The third-order valence-electron chi connectivity index (χ3n) is 5.05. The molecule has 0 saturated heterocycles. The Hall–Kier alpha value is -4.01. The number of aromatic amines is 1. The quantitative estimate of drug-likeness (QED) is 0.395. The van der Waals surface area contributed by atoms with Gasteiger partial charge in [-0.05, 0) is 57.4 Å². The minimum absolute atomic E-state index is 0.160. The predicted molar refractivity (Wildman–Crippen MR) is 128 cm³/mol. The zero-order valence-corrected chi connectivity index (χ0v) is 19.3. The molecule has 9 heteroatoms. The van der Waals surface area contributed by atoms with Crippen LogP contribution in [0.5, 0.6) is 0 Å². The summed E-state index contributed by atoms with van der Waals surface area (Å²) in [6.45, 7) is 9.24. The van der Waals surface area contributed by atoms with Gasteiger partial charge in [0, 0.05) is 10.9 Å². The lowest BCUT2D eigenvalue weighted by molar-refractivity contribution is 0.0470. The van der Waals surface area contributed by atoms with E-state index in [0.29, 0.717) is 10.9 Å². The van der Waals surface area contributed by atoms with Crippen LogP contribution in [-0.4, -0.2) is 28.6 Å². The van der Waals surface area contributed by atoms with E-state index in [1.165, 1.54) is 0 Å². The summed E-state index contributed by atoms with van der Waals surface area (Å²) in [6.07, 6.45) is -0.487. The number of aromatic nitrogens is 1. The molecule has 0 aliphatic carbocycles. The lowest BCUT2D eigenvalue weighted by atomic mass is 9.92. The Bertz CT molecular complexity index is 1220. The van der Waals surface area contributed by atoms with E-state index < -0.39 is 29.2 Å². The average Bonchev–Trinajstić information content (AvgIpc) is 3.02. The molecule has 3 aromatic rings. The second-order valence-electron chi connectivity index (χ2n) is 9.32. The highest BCUT2D eigenvalue weighted by Crippen LogP contribution is 2.31. The summed E-state index contributed by atoms with van der Waals surface area (Å²) in [5.41, 5.74) is 13.0. The van der Waals surface area contributed by atoms with Gasteiger partial charge in [0.15, 0.2) is 0 Å². The number of urea groups is 1. The molecule has 0 saturated carbocycles. The molecule has 0 atom stereocenters. The van der Waals surface area contributed by atoms with Crippen molar-refractivity contribution in [3.63, 3.8) is 0 Å². The minimum atomic E-state index is -0.803. The number of nitrogens with two attached hydrogens (primary N) is 2. The number of anilines is 1. The standard InChI is InChI=1S/C24H29N5O4/c1-23(2,3)33-22(32)29-24(4,5)15-9-6-13(7-10-15)14-8-11-16-17(12-14)27-20(28-21(26)31)18(16)19(25)30/h6-12,27H,1-5H3,(H2,25,30)(H,29,32)(H3,26,28,31). The number of hydrogen-bond donors (Lipinski definition) is 5. The first-order valence-electron chi connectivity index (χ1n) is 10.4. The number of alkyl carbamates (subject to hydrolysis) is 1. The first-order valence-corrected chi connectivity index (χ1v) is 10.4. The Morgan fingerprint density at radius 2 is 1.52 bits per heavy atom. The molecule has 9 nitrogen and oxygen atoms in total. The molecule has 0 fully saturated rings. The molecule has 33 heavy (non-hydrogen) atoms. The van der Waals surface area contributed by atoms with Gasteiger partial charge in [0.2, 0.25) is 0 Å². The van der Waals surface area contributed by atoms with Crippen LogP contribution in [0.3, 0.4) is 0 Å². The molecule has 1 heterocycles. The van der Waals surface area contributed by atoms with Gasteiger partial charge in [0.05, 0.1) is 11.1 Å². The summed E-state index contributed by atoms with van der Waals surface area (Å²) in [5, 5.41) is 5.87. The van der Waals surface area contributed by atoms with Gasteiger partial charge in [-0.15, -0.1) is 0 Å². The Kier molecular flexibility index (Phi) is 6.09. The van der Waals surface area contributed by atoms with Gasteiger partial charge in [0.25, 0.3) is 5.91 Å². The van der Waals surface area contributed by atoms with Crippen molar-refractivity contribution >= 4 is 34.8 Å². The van der Waals surface area contributed by atoms with Gasteiger partial charge in [-0.2, -0.15) is 0 Å². The van der Waals surface area contributed by atoms with Crippen molar-refractivity contribution in [1.29, 1.82) is 0 Å². The number of rotatable bonds is 5. The van der Waals surface area contributed by atoms with Crippen molar-refractivity contribution in [3.8, 4) is 11.1 Å². The maximum Gasteiger partial charge on any atom is 0.408 e. The van der Waals surface area contributed by atoms with Gasteiger partial charge in [-0.1, -0.05) is 36.4 Å². The lowest BCUT2D eigenvalue weighted by Crippen LogP contribution is -2.43. The van der Waals surface area contributed by atoms with E-state index in [4.69, 9.17) is 16.2 Å². The summed E-state index contributed by atoms with van der Waals surface area (Å²) in [7, 11) is 0. The normalized spacial score (nSPS) is 11.8. The molecule has 174 valence electrons. The van der Waals surface area contributed by atoms with E-state index in [-0.39, 0.29) is 11.4 Å². The van der Waals surface area contributed by atoms with E-state index in [2.05, 4.69) is 15.6 Å². The summed E-state index contributed by atoms with van der Waals surface area (Å²) < 4.78 is 5.36. The predicted octanol–water partition coefficient (Wildman–Crippen LogP) is 4.18. The summed E-state index contributed by atoms with van der Waals surface area (Å²) in [4.78, 5) is 38.3. The van der Waals surface area contributed by atoms with Crippen LogP contribution in [0.1, 0.15) is 50.5 Å². The zero-order chi connectivity index (χ0) is 24.6. The van der Waals surface area contributed by atoms with Crippen LogP contribution in [-0.2, 0) is 10.3 Å². The first-order chi connectivity index (χ1) is 15.3. The highest BCUT2D eigenvalue weighted by Gasteiger charge is 2.26. The molecule has 0 aliphatic rings. The number of fused-ring (bicyclic) bond motifs is 1. The SMILES string of the molecule is CC(C)(C)OC(=O)NC(C)(C)c1ccc(-c2ccc3c(C(N)=O)c(NC(N)=O)[nH]c3c2)cc1. The minimum Gasteiger partial charge on any atom is -0.444 e. The monoisotopic (exact) mass is 451 g/mol. The zero-order valence-electron chi connectivity index (χ0n) is 19.3. The Morgan fingerprint density at radius 3 is 2.06 bits per heavy atom. The number of hydrogen-bond acceptors (Lipinski definition) is 4. The molecular formula is C24H29N5O4. The van der Waals surface area contributed by atoms with Crippen molar-refractivity contribution in [2.24, 2.45) is 11.5 Å². The number of amides is 4. The van der Waals surface area contributed by atoms with E-state index in [9.17, 15) is 14.4 Å². The average molecular weight is 452 g/mol. The van der Waals surface area contributed by atoms with Gasteiger partial charge in [-0.25, -0.2) is 9.59 Å². The first kappa shape index (κ1) is 23.6. The Balaban J connectivity index is 1.88. The van der Waals surface area contributed by atoms with Crippen molar-refractivity contribution in [1.82, 2.24) is 10.3 Å². The Morgan fingerprint density at radius 1 is 0.909 bits per heavy atom. The van der Waals surface area contributed by atoms with Crippen LogP contribution in [0.15, 0.2) is 42.5 Å². The second-order valence-corrected chi connectivity index (χ2v) is 9.32. The molecule has 0 spiro atoms. The molecule has 2 aromatic carbocycles. The van der Waals surface area contributed by atoms with Crippen molar-refractivity contribution < 1.29 is 19.1 Å². The fraction of sp³-hybridized carbons (Fsp3) is 0.292. The fourth-order valence-corrected chi connectivity index (χ4v) is 3.56. The van der Waals surface area contributed by atoms with Gasteiger partial charge in [0.1, 0.15) is 11.4 Å². The van der Waals surface area contributed by atoms with Gasteiger partial charge >= 0.3 is 12.1 Å². The molecular weight excluding hydrogens is 422 g/mol. The van der Waals surface area contributed by atoms with E-state index in [0.717, 1.165) is 16.7 Å². The number of carbonyl (C=O) groups is 3. The topological polar surface area (TPSA) is 152 Å². The molecule has 0 unspecified atom stereocenters. The maximum atomic E-state index is 12.2. The van der Waals surface area contributed by atoms with Gasteiger partial charge in [-0.3, -0.25) is 10.1 Å². The van der Waals surface area contributed by atoms with Crippen molar-refractivity contribution in [3.05, 3.63) is 53.6 Å². The molecule has 7 N–H and O–H groups in total. The van der Waals surface area contributed by atoms with Crippen molar-refractivity contribution in [2.45, 2.75) is 45.8 Å². The third-order valence-corrected chi connectivity index (χ3v) is 5.05. The number of benzene rings is 2. The Labute approximate surface area is 191 Å². The summed E-state index contributed by atoms with van der Waals surface area (Å²) in [5.74, 6) is -0.519. The molecule has 1 aromatic heterocycles. The molecule has 3 rings (SSSR count). The van der Waals surface area contributed by atoms with Crippen LogP contribution in [0, 0.1) is 0 Å². The van der Waals surface area contributed by atoms with Crippen LogP contribution in [0.2, 0.25) is 0 Å². The lowest BCUT2D eigenvalue weighted by Gasteiger charge is -2.29. The van der Waals surface area contributed by atoms with E-state index >= 15 is 0 Å². The molecule has 4 amide bonds. The van der Waals surface area contributed by atoms with E-state index in [1.54, 1.807) is 6.07 Å². The largest absolute Gasteiger partial charge is 0.444 e. The number of ether oxygens (including phenoxy) is 1. The third kappa shape index (κ3) is 5.43. The number of primary amides is 2. The summed E-state index contributed by atoms with van der Waals surface area (Å²) >= 11 is 0. The highest BCUT2D eigenvalue weighted by atomic mass is 16.6. The molecule has 0 radical (unpaired) electrons. The smallest absolute Gasteiger partial charge is 0.408 e. The number of nitrogens with one attached hydrogen (secondary N) is 3. The molecule has 0 bridgehead atoms. The van der Waals surface area contributed by atoms with Crippen molar-refractivity contribution in [2.75, 3.05) is 5.32 Å². The van der Waals surface area contributed by atoms with Crippen LogP contribution >= 0.6 is 0 Å². The summed E-state index contributed by atoms with van der Waals surface area (Å²) in [6, 6.07) is 12.4. The fourth-order valence-electron chi connectivity index (χ4n) is 3.56. The van der Waals surface area contributed by atoms with Gasteiger partial charge < -0.3 is 26.5 Å². The van der Waals surface area contributed by atoms with Crippen LogP contribution < -0.4 is 22.1 Å². The maximum absolute atomic E-state index is 12.2.